The fourth-order valence-electron chi connectivity index (χ4n) is 1.95. The maximum atomic E-state index is 11.5. The van der Waals surface area contributed by atoms with Crippen LogP contribution >= 0.6 is 0 Å². The molecule has 2 rings (SSSR count). The van der Waals surface area contributed by atoms with Gasteiger partial charge < -0.3 is 4.57 Å². The lowest BCUT2D eigenvalue weighted by Crippen LogP contribution is -2.11. The first kappa shape index (κ1) is 12.1. The first-order chi connectivity index (χ1) is 8.04. The molecule has 92 valence electrons. The van der Waals surface area contributed by atoms with Crippen molar-refractivity contribution in [2.45, 2.75) is 31.2 Å². The number of hydrogen-bond acceptors (Lipinski definition) is 2. The summed E-state index contributed by atoms with van der Waals surface area (Å²) in [5, 5.41) is 5.92. The summed E-state index contributed by atoms with van der Waals surface area (Å²) in [6.45, 7) is 2.92. The van der Waals surface area contributed by atoms with Crippen molar-refractivity contribution < 1.29 is 8.42 Å². The highest BCUT2D eigenvalue weighted by Crippen LogP contribution is 2.24. The third kappa shape index (κ3) is 2.35. The average molecular weight is 252 g/mol. The molecule has 0 amide bonds. The Balaban J connectivity index is 2.63. The molecule has 0 atom stereocenters. The number of rotatable bonds is 4. The van der Waals surface area contributed by atoms with Crippen molar-refractivity contribution in [3.8, 4) is 0 Å². The van der Waals surface area contributed by atoms with Crippen molar-refractivity contribution in [3.63, 3.8) is 0 Å². The van der Waals surface area contributed by atoms with Crippen molar-refractivity contribution in [2.24, 2.45) is 5.14 Å². The third-order valence-corrected chi connectivity index (χ3v) is 3.75. The van der Waals surface area contributed by atoms with E-state index in [4.69, 9.17) is 5.14 Å². The fourth-order valence-corrected chi connectivity index (χ4v) is 2.71. The summed E-state index contributed by atoms with van der Waals surface area (Å²) in [5.74, 6) is 0. The summed E-state index contributed by atoms with van der Waals surface area (Å²) in [5.41, 5.74) is 0.921. The largest absolute Gasteiger partial charge is 0.346 e. The van der Waals surface area contributed by atoms with E-state index < -0.39 is 10.0 Å². The Labute approximate surface area is 101 Å². The smallest absolute Gasteiger partial charge is 0.240 e. The Morgan fingerprint density at radius 3 is 2.65 bits per heavy atom. The second-order valence-corrected chi connectivity index (χ2v) is 5.63. The maximum absolute atomic E-state index is 11.5. The molecule has 1 aromatic carbocycles. The number of aryl methyl sites for hydroxylation is 1. The predicted octanol–water partition coefficient (Wildman–Crippen LogP) is 2.09. The monoisotopic (exact) mass is 252 g/mol. The Bertz CT molecular complexity index is 629. The number of para-hydroxylation sites is 1. The van der Waals surface area contributed by atoms with Crippen LogP contribution in [0.15, 0.2) is 35.4 Å². The minimum Gasteiger partial charge on any atom is -0.346 e. The van der Waals surface area contributed by atoms with Gasteiger partial charge >= 0.3 is 0 Å². The van der Waals surface area contributed by atoms with E-state index in [0.29, 0.717) is 5.39 Å². The van der Waals surface area contributed by atoms with Crippen molar-refractivity contribution in [1.29, 1.82) is 0 Å². The van der Waals surface area contributed by atoms with Crippen LogP contribution in [0.25, 0.3) is 10.9 Å². The number of nitrogens with two attached hydrogens (primary N) is 1. The molecule has 0 spiro atoms. The predicted molar refractivity (Wildman–Crippen MR) is 68.2 cm³/mol. The highest BCUT2D eigenvalue weighted by molar-refractivity contribution is 7.89. The second-order valence-electron chi connectivity index (χ2n) is 4.10. The van der Waals surface area contributed by atoms with Crippen LogP contribution in [0, 0.1) is 0 Å². The first-order valence-electron chi connectivity index (χ1n) is 5.64. The van der Waals surface area contributed by atoms with Gasteiger partial charge in [-0.15, -0.1) is 0 Å². The van der Waals surface area contributed by atoms with E-state index in [1.165, 1.54) is 0 Å². The van der Waals surface area contributed by atoms with E-state index in [2.05, 4.69) is 6.92 Å². The molecule has 1 heterocycles. The van der Waals surface area contributed by atoms with Crippen molar-refractivity contribution in [1.82, 2.24) is 4.57 Å². The summed E-state index contributed by atoms with van der Waals surface area (Å²) in [6, 6.07) is 7.43. The zero-order chi connectivity index (χ0) is 12.5. The number of nitrogens with zero attached hydrogens (tertiary/aromatic N) is 1. The van der Waals surface area contributed by atoms with Crippen LogP contribution in [0.2, 0.25) is 0 Å². The summed E-state index contributed by atoms with van der Waals surface area (Å²) in [7, 11) is -3.65. The van der Waals surface area contributed by atoms with Crippen LogP contribution in [-0.4, -0.2) is 13.0 Å². The van der Waals surface area contributed by atoms with E-state index in [9.17, 15) is 8.42 Å². The molecule has 0 unspecified atom stereocenters. The van der Waals surface area contributed by atoms with Gasteiger partial charge in [0.15, 0.2) is 0 Å². The Hall–Kier alpha value is -1.33. The van der Waals surface area contributed by atoms with Gasteiger partial charge in [0.05, 0.1) is 0 Å². The van der Waals surface area contributed by atoms with Crippen molar-refractivity contribution >= 4 is 20.9 Å². The van der Waals surface area contributed by atoms with Crippen molar-refractivity contribution in [3.05, 3.63) is 30.5 Å². The molecule has 0 fully saturated rings. The van der Waals surface area contributed by atoms with Gasteiger partial charge in [-0.25, -0.2) is 13.6 Å². The molecule has 0 saturated carbocycles. The molecule has 4 nitrogen and oxygen atoms in total. The lowest BCUT2D eigenvalue weighted by Gasteiger charge is -2.02. The maximum Gasteiger partial charge on any atom is 0.240 e. The van der Waals surface area contributed by atoms with Gasteiger partial charge in [0.25, 0.3) is 0 Å². The number of aromatic nitrogens is 1. The third-order valence-electron chi connectivity index (χ3n) is 2.81. The van der Waals surface area contributed by atoms with E-state index in [0.717, 1.165) is 24.9 Å². The van der Waals surface area contributed by atoms with Crippen LogP contribution in [0.4, 0.5) is 0 Å². The highest BCUT2D eigenvalue weighted by atomic mass is 32.2. The van der Waals surface area contributed by atoms with Gasteiger partial charge in [0, 0.05) is 23.6 Å². The van der Waals surface area contributed by atoms with Crippen LogP contribution in [0.5, 0.6) is 0 Å². The molecular formula is C12H16N2O2S. The van der Waals surface area contributed by atoms with E-state index in [1.807, 2.05) is 22.8 Å². The van der Waals surface area contributed by atoms with Gasteiger partial charge in [0.2, 0.25) is 10.0 Å². The van der Waals surface area contributed by atoms with Gasteiger partial charge in [-0.05, 0) is 12.5 Å². The molecule has 2 aromatic rings. The van der Waals surface area contributed by atoms with Crippen LogP contribution in [0.3, 0.4) is 0 Å². The molecule has 5 heteroatoms. The highest BCUT2D eigenvalue weighted by Gasteiger charge is 2.16. The SMILES string of the molecule is CCCCn1cc(S(N)(=O)=O)c2ccccc21. The number of primary sulfonamides is 1. The zero-order valence-corrected chi connectivity index (χ0v) is 10.6. The normalized spacial score (nSPS) is 12.1. The molecule has 0 aliphatic rings. The molecule has 1 aromatic heterocycles. The van der Waals surface area contributed by atoms with Gasteiger partial charge in [-0.3, -0.25) is 0 Å². The van der Waals surface area contributed by atoms with Gasteiger partial charge in [-0.2, -0.15) is 0 Å². The molecular weight excluding hydrogens is 236 g/mol. The Morgan fingerprint density at radius 2 is 2.00 bits per heavy atom. The van der Waals surface area contributed by atoms with Gasteiger partial charge in [-0.1, -0.05) is 31.5 Å². The summed E-state index contributed by atoms with van der Waals surface area (Å²) < 4.78 is 25.0. The molecule has 17 heavy (non-hydrogen) atoms. The summed E-state index contributed by atoms with van der Waals surface area (Å²) >= 11 is 0. The summed E-state index contributed by atoms with van der Waals surface area (Å²) in [6.07, 6.45) is 3.72. The topological polar surface area (TPSA) is 65.1 Å². The molecule has 2 N–H and O–H groups in total. The number of benzene rings is 1. The number of unbranched alkanes of at least 4 members (excludes halogenated alkanes) is 1. The second kappa shape index (κ2) is 4.50. The molecule has 0 aliphatic carbocycles. The minimum atomic E-state index is -3.65. The van der Waals surface area contributed by atoms with Crippen LogP contribution in [-0.2, 0) is 16.6 Å². The molecule has 0 bridgehead atoms. The summed E-state index contributed by atoms with van der Waals surface area (Å²) in [4.78, 5) is 0.212. The lowest BCUT2D eigenvalue weighted by atomic mass is 10.2. The van der Waals surface area contributed by atoms with Crippen LogP contribution in [0.1, 0.15) is 19.8 Å². The van der Waals surface area contributed by atoms with E-state index >= 15 is 0 Å². The molecule has 0 saturated heterocycles. The number of fused-ring (bicyclic) bond motifs is 1. The van der Waals surface area contributed by atoms with Crippen molar-refractivity contribution in [2.75, 3.05) is 0 Å². The van der Waals surface area contributed by atoms with E-state index in [-0.39, 0.29) is 4.90 Å². The average Bonchev–Trinajstić information content (AvgIpc) is 2.65. The minimum absolute atomic E-state index is 0.212. The Kier molecular flexibility index (Phi) is 3.22. The number of sulfonamides is 1. The standard InChI is InChI=1S/C12H16N2O2S/c1-2-3-8-14-9-12(17(13,15)16)10-6-4-5-7-11(10)14/h4-7,9H,2-3,8H2,1H3,(H2,13,15,16). The number of hydrogen-bond donors (Lipinski definition) is 1. The van der Waals surface area contributed by atoms with Crippen LogP contribution < -0.4 is 5.14 Å². The first-order valence-corrected chi connectivity index (χ1v) is 7.19. The molecule has 0 radical (unpaired) electrons. The Morgan fingerprint density at radius 1 is 1.29 bits per heavy atom. The molecule has 0 aliphatic heterocycles. The lowest BCUT2D eigenvalue weighted by molar-refractivity contribution is 0.596. The van der Waals surface area contributed by atoms with E-state index in [1.54, 1.807) is 12.3 Å². The quantitative estimate of drug-likeness (QED) is 0.905. The van der Waals surface area contributed by atoms with Gasteiger partial charge in [0.1, 0.15) is 4.90 Å². The zero-order valence-electron chi connectivity index (χ0n) is 9.76. The fraction of sp³-hybridized carbons (Fsp3) is 0.333.